The van der Waals surface area contributed by atoms with Gasteiger partial charge in [-0.1, -0.05) is 23.4 Å². The van der Waals surface area contributed by atoms with E-state index in [1.54, 1.807) is 54.9 Å². The summed E-state index contributed by atoms with van der Waals surface area (Å²) in [7, 11) is -3.53. The molecule has 0 bridgehead atoms. The molecule has 1 aliphatic rings. The number of rotatable bonds is 3. The van der Waals surface area contributed by atoms with Gasteiger partial charge < -0.3 is 4.84 Å². The van der Waals surface area contributed by atoms with Gasteiger partial charge in [-0.15, -0.1) is 0 Å². The van der Waals surface area contributed by atoms with Gasteiger partial charge in [0, 0.05) is 24.4 Å². The maximum absolute atomic E-state index is 12.4. The summed E-state index contributed by atoms with van der Waals surface area (Å²) in [6, 6.07) is 11.8. The van der Waals surface area contributed by atoms with Crippen LogP contribution in [-0.2, 0) is 14.7 Å². The minimum Gasteiger partial charge on any atom is -0.375 e. The molecule has 1 aliphatic heterocycles. The molecule has 2 heterocycles. The normalized spacial score (nSPS) is 18.4. The Morgan fingerprint density at radius 2 is 1.75 bits per heavy atom. The lowest BCUT2D eigenvalue weighted by Crippen LogP contribution is -2.21. The second-order valence-corrected chi connectivity index (χ2v) is 6.46. The van der Waals surface area contributed by atoms with Crippen molar-refractivity contribution in [1.82, 2.24) is 4.98 Å². The summed E-state index contributed by atoms with van der Waals surface area (Å²) in [5, 5.41) is 3.89. The van der Waals surface area contributed by atoms with Gasteiger partial charge in [0.2, 0.25) is 15.3 Å². The molecule has 0 spiro atoms. The van der Waals surface area contributed by atoms with Crippen molar-refractivity contribution < 1.29 is 13.3 Å². The average Bonchev–Trinajstić information content (AvgIpc) is 3.00. The lowest BCUT2D eigenvalue weighted by Gasteiger charge is -2.09. The Bertz CT molecular complexity index is 728. The van der Waals surface area contributed by atoms with E-state index in [2.05, 4.69) is 10.1 Å². The van der Waals surface area contributed by atoms with Gasteiger partial charge in [-0.3, -0.25) is 4.98 Å². The summed E-state index contributed by atoms with van der Waals surface area (Å²) < 4.78 is 24.8. The van der Waals surface area contributed by atoms with E-state index in [1.165, 1.54) is 0 Å². The van der Waals surface area contributed by atoms with Crippen LogP contribution in [0.1, 0.15) is 12.0 Å². The molecule has 1 aromatic carbocycles. The lowest BCUT2D eigenvalue weighted by atomic mass is 10.1. The molecule has 0 aliphatic carbocycles. The molecule has 6 heteroatoms. The fraction of sp³-hybridized carbons (Fsp3) is 0.143. The summed E-state index contributed by atoms with van der Waals surface area (Å²) in [5.74, 6) is 0. The SMILES string of the molecule is O=S(=O)(c1ccccc1)C1CC(c2ccncc2)=NO1. The van der Waals surface area contributed by atoms with Gasteiger partial charge in [-0.2, -0.15) is 0 Å². The second-order valence-electron chi connectivity index (χ2n) is 4.37. The summed E-state index contributed by atoms with van der Waals surface area (Å²) in [6.07, 6.45) is 3.51. The molecule has 5 nitrogen and oxygen atoms in total. The van der Waals surface area contributed by atoms with Gasteiger partial charge in [-0.05, 0) is 24.3 Å². The van der Waals surface area contributed by atoms with Crippen LogP contribution in [-0.4, -0.2) is 24.5 Å². The van der Waals surface area contributed by atoms with Crippen molar-refractivity contribution in [2.75, 3.05) is 0 Å². The van der Waals surface area contributed by atoms with Crippen molar-refractivity contribution in [2.24, 2.45) is 5.16 Å². The van der Waals surface area contributed by atoms with Crippen LogP contribution >= 0.6 is 0 Å². The standard InChI is InChI=1S/C14H12N2O3S/c17-20(18,12-4-2-1-3-5-12)14-10-13(16-19-14)11-6-8-15-9-7-11/h1-9,14H,10H2. The van der Waals surface area contributed by atoms with Crippen LogP contribution in [0.4, 0.5) is 0 Å². The highest BCUT2D eigenvalue weighted by Gasteiger charge is 2.35. The van der Waals surface area contributed by atoms with E-state index in [0.29, 0.717) is 5.71 Å². The van der Waals surface area contributed by atoms with E-state index in [0.717, 1.165) is 5.56 Å². The molecule has 20 heavy (non-hydrogen) atoms. The zero-order chi connectivity index (χ0) is 14.0. The molecular weight excluding hydrogens is 276 g/mol. The molecular formula is C14H12N2O3S. The van der Waals surface area contributed by atoms with E-state index in [9.17, 15) is 8.42 Å². The number of sulfone groups is 1. The summed E-state index contributed by atoms with van der Waals surface area (Å²) in [4.78, 5) is 9.28. The first kappa shape index (κ1) is 12.8. The molecule has 0 amide bonds. The van der Waals surface area contributed by atoms with E-state index in [-0.39, 0.29) is 11.3 Å². The van der Waals surface area contributed by atoms with E-state index < -0.39 is 15.3 Å². The molecule has 102 valence electrons. The summed E-state index contributed by atoms with van der Waals surface area (Å²) in [5.41, 5.74) is 0.482. The largest absolute Gasteiger partial charge is 0.375 e. The highest BCUT2D eigenvalue weighted by molar-refractivity contribution is 7.92. The zero-order valence-electron chi connectivity index (χ0n) is 10.5. The molecule has 0 saturated carbocycles. The third-order valence-corrected chi connectivity index (χ3v) is 4.95. The number of pyridine rings is 1. The first-order valence-corrected chi connectivity index (χ1v) is 7.64. The van der Waals surface area contributed by atoms with Crippen LogP contribution in [0.5, 0.6) is 0 Å². The van der Waals surface area contributed by atoms with Crippen LogP contribution in [0.3, 0.4) is 0 Å². The Labute approximate surface area is 116 Å². The minimum atomic E-state index is -3.53. The van der Waals surface area contributed by atoms with Gasteiger partial charge in [0.15, 0.2) is 0 Å². The van der Waals surface area contributed by atoms with Gasteiger partial charge in [0.1, 0.15) is 0 Å². The van der Waals surface area contributed by atoms with Crippen LogP contribution in [0.15, 0.2) is 64.9 Å². The van der Waals surface area contributed by atoms with Crippen LogP contribution < -0.4 is 0 Å². The van der Waals surface area contributed by atoms with Crippen LogP contribution in [0, 0.1) is 0 Å². The van der Waals surface area contributed by atoms with Gasteiger partial charge in [0.25, 0.3) is 0 Å². The first-order chi connectivity index (χ1) is 9.68. The van der Waals surface area contributed by atoms with Crippen molar-refractivity contribution in [2.45, 2.75) is 16.8 Å². The minimum absolute atomic E-state index is 0.237. The van der Waals surface area contributed by atoms with Crippen molar-refractivity contribution in [3.05, 3.63) is 60.4 Å². The topological polar surface area (TPSA) is 68.6 Å². The van der Waals surface area contributed by atoms with Gasteiger partial charge in [0.05, 0.1) is 10.6 Å². The Balaban J connectivity index is 1.83. The quantitative estimate of drug-likeness (QED) is 0.866. The van der Waals surface area contributed by atoms with Crippen molar-refractivity contribution in [3.63, 3.8) is 0 Å². The number of nitrogens with zero attached hydrogens (tertiary/aromatic N) is 2. The Morgan fingerprint density at radius 3 is 2.45 bits per heavy atom. The fourth-order valence-electron chi connectivity index (χ4n) is 2.00. The zero-order valence-corrected chi connectivity index (χ0v) is 11.3. The summed E-state index contributed by atoms with van der Waals surface area (Å²) in [6.45, 7) is 0. The van der Waals surface area contributed by atoms with Crippen molar-refractivity contribution in [1.29, 1.82) is 0 Å². The van der Waals surface area contributed by atoms with Gasteiger partial charge >= 0.3 is 0 Å². The molecule has 0 radical (unpaired) electrons. The monoisotopic (exact) mass is 288 g/mol. The van der Waals surface area contributed by atoms with E-state index in [1.807, 2.05) is 0 Å². The molecule has 1 aromatic heterocycles. The maximum atomic E-state index is 12.4. The molecule has 0 N–H and O–H groups in total. The number of aromatic nitrogens is 1. The molecule has 2 aromatic rings. The Hall–Kier alpha value is -2.21. The lowest BCUT2D eigenvalue weighted by molar-refractivity contribution is 0.140. The number of benzene rings is 1. The predicted molar refractivity (Wildman–Crippen MR) is 73.9 cm³/mol. The van der Waals surface area contributed by atoms with Gasteiger partial charge in [-0.25, -0.2) is 8.42 Å². The molecule has 3 rings (SSSR count). The maximum Gasteiger partial charge on any atom is 0.237 e. The number of hydrogen-bond acceptors (Lipinski definition) is 5. The van der Waals surface area contributed by atoms with E-state index in [4.69, 9.17) is 4.84 Å². The predicted octanol–water partition coefficient (Wildman–Crippen LogP) is 2.01. The first-order valence-electron chi connectivity index (χ1n) is 6.10. The Kier molecular flexibility index (Phi) is 3.23. The third kappa shape index (κ3) is 2.30. The highest BCUT2D eigenvalue weighted by atomic mass is 32.2. The number of oxime groups is 1. The fourth-order valence-corrected chi connectivity index (χ4v) is 3.37. The van der Waals surface area contributed by atoms with Crippen LogP contribution in [0.25, 0.3) is 0 Å². The second kappa shape index (κ2) is 5.05. The van der Waals surface area contributed by atoms with Crippen LogP contribution in [0.2, 0.25) is 0 Å². The van der Waals surface area contributed by atoms with Crippen molar-refractivity contribution >= 4 is 15.5 Å². The van der Waals surface area contributed by atoms with Crippen molar-refractivity contribution in [3.8, 4) is 0 Å². The molecule has 0 fully saturated rings. The van der Waals surface area contributed by atoms with E-state index >= 15 is 0 Å². The molecule has 1 atom stereocenters. The highest BCUT2D eigenvalue weighted by Crippen LogP contribution is 2.25. The smallest absolute Gasteiger partial charge is 0.237 e. The molecule has 1 unspecified atom stereocenters. The third-order valence-electron chi connectivity index (χ3n) is 3.07. The Morgan fingerprint density at radius 1 is 1.05 bits per heavy atom. The average molecular weight is 288 g/mol. The summed E-state index contributed by atoms with van der Waals surface area (Å²) >= 11 is 0. The number of hydrogen-bond donors (Lipinski definition) is 0. The molecule has 0 saturated heterocycles.